The molecule has 20 heavy (non-hydrogen) atoms. The zero-order valence-corrected chi connectivity index (χ0v) is 12.5. The number of rotatable bonds is 5. The van der Waals surface area contributed by atoms with Gasteiger partial charge in [-0.25, -0.2) is 0 Å². The molecule has 0 radical (unpaired) electrons. The Kier molecular flexibility index (Phi) is 6.49. The second-order valence-electron chi connectivity index (χ2n) is 4.89. The van der Waals surface area contributed by atoms with Crippen LogP contribution in [0.15, 0.2) is 42.5 Å². The van der Waals surface area contributed by atoms with Gasteiger partial charge in [-0.05, 0) is 29.7 Å². The Morgan fingerprint density at radius 3 is 2.60 bits per heavy atom. The molecule has 3 N–H and O–H groups in total. The van der Waals surface area contributed by atoms with Crippen molar-refractivity contribution in [3.05, 3.63) is 48.0 Å². The molecule has 0 aliphatic carbocycles. The zero-order chi connectivity index (χ0) is 13.7. The van der Waals surface area contributed by atoms with Gasteiger partial charge < -0.3 is 11.1 Å². The summed E-state index contributed by atoms with van der Waals surface area (Å²) in [6.07, 6.45) is 1.26. The van der Waals surface area contributed by atoms with Crippen LogP contribution in [0.25, 0.3) is 10.8 Å². The highest BCUT2D eigenvalue weighted by Gasteiger charge is 2.06. The molecule has 2 rings (SSSR count). The van der Waals surface area contributed by atoms with E-state index in [2.05, 4.69) is 35.6 Å². The zero-order valence-electron chi connectivity index (χ0n) is 11.6. The summed E-state index contributed by atoms with van der Waals surface area (Å²) in [5.41, 5.74) is 6.66. The predicted octanol–water partition coefficient (Wildman–Crippen LogP) is 2.66. The molecule has 0 unspecified atom stereocenters. The van der Waals surface area contributed by atoms with Crippen molar-refractivity contribution in [2.24, 2.45) is 5.73 Å². The number of nitrogens with two attached hydrogens (primary N) is 1. The van der Waals surface area contributed by atoms with Gasteiger partial charge in [-0.1, -0.05) is 42.5 Å². The molecule has 0 saturated carbocycles. The number of benzene rings is 2. The summed E-state index contributed by atoms with van der Waals surface area (Å²) >= 11 is 0. The van der Waals surface area contributed by atoms with Gasteiger partial charge in [-0.2, -0.15) is 0 Å². The van der Waals surface area contributed by atoms with Crippen molar-refractivity contribution in [1.29, 1.82) is 0 Å². The molecule has 3 nitrogen and oxygen atoms in total. The number of nitrogens with one attached hydrogen (secondary N) is 1. The van der Waals surface area contributed by atoms with Crippen LogP contribution < -0.4 is 11.1 Å². The van der Waals surface area contributed by atoms with Gasteiger partial charge in [-0.3, -0.25) is 4.79 Å². The van der Waals surface area contributed by atoms with Gasteiger partial charge in [0, 0.05) is 19.0 Å². The number of aryl methyl sites for hydroxylation is 1. The standard InChI is InChI=1S/C16H20N2O.ClH/c1-12(11-17)18-16(19)9-7-13-6-8-14-4-2-3-5-15(14)10-13;/h2-6,8,10,12H,7,9,11,17H2,1H3,(H,18,19);1H/t12-;/m0./s1. The van der Waals surface area contributed by atoms with Gasteiger partial charge in [0.25, 0.3) is 0 Å². The topological polar surface area (TPSA) is 55.1 Å². The molecule has 108 valence electrons. The smallest absolute Gasteiger partial charge is 0.220 e. The summed E-state index contributed by atoms with van der Waals surface area (Å²) < 4.78 is 0. The summed E-state index contributed by atoms with van der Waals surface area (Å²) in [6.45, 7) is 2.38. The Morgan fingerprint density at radius 1 is 1.20 bits per heavy atom. The number of hydrogen-bond donors (Lipinski definition) is 2. The van der Waals surface area contributed by atoms with Gasteiger partial charge in [0.05, 0.1) is 0 Å². The molecule has 0 bridgehead atoms. The van der Waals surface area contributed by atoms with Gasteiger partial charge in [0.15, 0.2) is 0 Å². The fourth-order valence-corrected chi connectivity index (χ4v) is 2.06. The van der Waals surface area contributed by atoms with E-state index < -0.39 is 0 Å². The molecule has 0 aliphatic heterocycles. The minimum Gasteiger partial charge on any atom is -0.352 e. The fourth-order valence-electron chi connectivity index (χ4n) is 2.06. The highest BCUT2D eigenvalue weighted by atomic mass is 35.5. The maximum Gasteiger partial charge on any atom is 0.220 e. The van der Waals surface area contributed by atoms with Crippen molar-refractivity contribution in [3.63, 3.8) is 0 Å². The summed E-state index contributed by atoms with van der Waals surface area (Å²) in [7, 11) is 0. The minimum absolute atomic E-state index is 0. The summed E-state index contributed by atoms with van der Waals surface area (Å²) in [5, 5.41) is 5.32. The number of carbonyl (C=O) groups excluding carboxylic acids is 1. The van der Waals surface area contributed by atoms with Gasteiger partial charge >= 0.3 is 0 Å². The third-order valence-electron chi connectivity index (χ3n) is 3.22. The molecule has 4 heteroatoms. The van der Waals surface area contributed by atoms with Crippen molar-refractivity contribution >= 4 is 29.1 Å². The van der Waals surface area contributed by atoms with Crippen LogP contribution in [-0.4, -0.2) is 18.5 Å². The van der Waals surface area contributed by atoms with Crippen LogP contribution in [0.1, 0.15) is 18.9 Å². The first-order chi connectivity index (χ1) is 9.19. The van der Waals surface area contributed by atoms with E-state index >= 15 is 0 Å². The van der Waals surface area contributed by atoms with E-state index in [0.717, 1.165) is 6.42 Å². The van der Waals surface area contributed by atoms with E-state index in [1.54, 1.807) is 0 Å². The lowest BCUT2D eigenvalue weighted by molar-refractivity contribution is -0.121. The van der Waals surface area contributed by atoms with Crippen LogP contribution in [0, 0.1) is 0 Å². The lowest BCUT2D eigenvalue weighted by atomic mass is 10.0. The van der Waals surface area contributed by atoms with Crippen molar-refractivity contribution in [1.82, 2.24) is 5.32 Å². The second kappa shape index (κ2) is 7.88. The summed E-state index contributed by atoms with van der Waals surface area (Å²) in [6, 6.07) is 14.6. The first-order valence-corrected chi connectivity index (χ1v) is 6.66. The maximum absolute atomic E-state index is 11.7. The Labute approximate surface area is 126 Å². The normalized spacial score (nSPS) is 11.7. The van der Waals surface area contributed by atoms with E-state index in [1.807, 2.05) is 19.1 Å². The monoisotopic (exact) mass is 292 g/mol. The largest absolute Gasteiger partial charge is 0.352 e. The van der Waals surface area contributed by atoms with Crippen molar-refractivity contribution in [2.45, 2.75) is 25.8 Å². The van der Waals surface area contributed by atoms with E-state index in [9.17, 15) is 4.79 Å². The van der Waals surface area contributed by atoms with Crippen molar-refractivity contribution < 1.29 is 4.79 Å². The third kappa shape index (κ3) is 4.51. The van der Waals surface area contributed by atoms with Crippen molar-refractivity contribution in [3.8, 4) is 0 Å². The second-order valence-corrected chi connectivity index (χ2v) is 4.89. The minimum atomic E-state index is 0. The molecular formula is C16H21ClN2O. The number of carbonyl (C=O) groups is 1. The number of fused-ring (bicyclic) bond motifs is 1. The quantitative estimate of drug-likeness (QED) is 0.890. The molecule has 1 amide bonds. The Hall–Kier alpha value is -1.58. The average Bonchev–Trinajstić information content (AvgIpc) is 2.44. The van der Waals surface area contributed by atoms with Crippen LogP contribution in [0.3, 0.4) is 0 Å². The maximum atomic E-state index is 11.7. The van der Waals surface area contributed by atoms with Crippen LogP contribution in [-0.2, 0) is 11.2 Å². The number of hydrogen-bond acceptors (Lipinski definition) is 2. The van der Waals surface area contributed by atoms with E-state index in [0.29, 0.717) is 13.0 Å². The predicted molar refractivity (Wildman–Crippen MR) is 86.2 cm³/mol. The molecule has 0 aromatic heterocycles. The highest BCUT2D eigenvalue weighted by Crippen LogP contribution is 2.16. The van der Waals surface area contributed by atoms with E-state index in [4.69, 9.17) is 5.73 Å². The van der Waals surface area contributed by atoms with Gasteiger partial charge in [-0.15, -0.1) is 12.4 Å². The van der Waals surface area contributed by atoms with Crippen LogP contribution in [0.2, 0.25) is 0 Å². The molecule has 0 fully saturated rings. The van der Waals surface area contributed by atoms with Crippen LogP contribution in [0.4, 0.5) is 0 Å². The van der Waals surface area contributed by atoms with Crippen LogP contribution in [0.5, 0.6) is 0 Å². The SMILES string of the molecule is C[C@@H](CN)NC(=O)CCc1ccc2ccccc2c1.Cl. The molecule has 0 spiro atoms. The molecule has 0 aliphatic rings. The Morgan fingerprint density at radius 2 is 1.90 bits per heavy atom. The van der Waals surface area contributed by atoms with E-state index in [1.165, 1.54) is 16.3 Å². The summed E-state index contributed by atoms with van der Waals surface area (Å²) in [5.74, 6) is 0.0612. The molecule has 0 saturated heterocycles. The molecule has 2 aromatic rings. The van der Waals surface area contributed by atoms with Gasteiger partial charge in [0.1, 0.15) is 0 Å². The van der Waals surface area contributed by atoms with E-state index in [-0.39, 0.29) is 24.4 Å². The van der Waals surface area contributed by atoms with Gasteiger partial charge in [0.2, 0.25) is 5.91 Å². The molecular weight excluding hydrogens is 272 g/mol. The summed E-state index contributed by atoms with van der Waals surface area (Å²) in [4.78, 5) is 11.7. The van der Waals surface area contributed by atoms with Crippen molar-refractivity contribution in [2.75, 3.05) is 6.54 Å². The molecule has 1 atom stereocenters. The first kappa shape index (κ1) is 16.5. The van der Waals surface area contributed by atoms with Crippen LogP contribution >= 0.6 is 12.4 Å². The Bertz CT molecular complexity index is 571. The highest BCUT2D eigenvalue weighted by molar-refractivity contribution is 5.85. The Balaban J connectivity index is 0.00000200. The first-order valence-electron chi connectivity index (χ1n) is 6.66. The fraction of sp³-hybridized carbons (Fsp3) is 0.312. The molecule has 2 aromatic carbocycles. The number of amides is 1. The average molecular weight is 293 g/mol. The molecule has 0 heterocycles. The lowest BCUT2D eigenvalue weighted by Gasteiger charge is -2.11. The third-order valence-corrected chi connectivity index (χ3v) is 3.22. The lowest BCUT2D eigenvalue weighted by Crippen LogP contribution is -2.37. The number of halogens is 1.